The summed E-state index contributed by atoms with van der Waals surface area (Å²) in [6, 6.07) is 0. The third-order valence-corrected chi connectivity index (χ3v) is 4.29. The van der Waals surface area contributed by atoms with Gasteiger partial charge in [-0.15, -0.1) is 0 Å². The number of aliphatic carboxylic acids is 1. The number of alkyl halides is 3. The number of carboxylic acid groups (broad SMARTS) is 1. The first kappa shape index (κ1) is 19.5. The molecule has 2 aliphatic heterocycles. The first-order valence-electron chi connectivity index (χ1n) is 8.12. The van der Waals surface area contributed by atoms with Gasteiger partial charge in [0, 0.05) is 32.7 Å². The average molecular weight is 366 g/mol. The van der Waals surface area contributed by atoms with Crippen LogP contribution in [0.2, 0.25) is 0 Å². The minimum absolute atomic E-state index is 0.0576. The van der Waals surface area contributed by atoms with Crippen LogP contribution < -0.4 is 0 Å². The summed E-state index contributed by atoms with van der Waals surface area (Å²) in [6.45, 7) is -0.982. The number of nitrogens with zero attached hydrogens (tertiary/aromatic N) is 2. The van der Waals surface area contributed by atoms with Crippen molar-refractivity contribution < 1.29 is 37.4 Å². The van der Waals surface area contributed by atoms with Crippen molar-refractivity contribution in [2.75, 3.05) is 32.8 Å². The number of carbonyl (C=O) groups excluding carboxylic acids is 2. The van der Waals surface area contributed by atoms with Crippen molar-refractivity contribution >= 4 is 17.8 Å². The number of carboxylic acids is 1. The number of rotatable bonds is 7. The molecular weight excluding hydrogens is 345 g/mol. The van der Waals surface area contributed by atoms with Gasteiger partial charge in [0.15, 0.2) is 0 Å². The number of amides is 2. The Kier molecular flexibility index (Phi) is 6.26. The van der Waals surface area contributed by atoms with E-state index in [0.717, 1.165) is 12.8 Å². The van der Waals surface area contributed by atoms with Crippen LogP contribution in [0.3, 0.4) is 0 Å². The van der Waals surface area contributed by atoms with Crippen molar-refractivity contribution in [2.24, 2.45) is 5.92 Å². The van der Waals surface area contributed by atoms with Gasteiger partial charge in [-0.1, -0.05) is 0 Å². The summed E-state index contributed by atoms with van der Waals surface area (Å²) in [5.74, 6) is -3.17. The molecule has 0 bridgehead atoms. The molecule has 2 rings (SSSR count). The third-order valence-electron chi connectivity index (χ3n) is 4.29. The van der Waals surface area contributed by atoms with Crippen LogP contribution in [0.25, 0.3) is 0 Å². The molecule has 142 valence electrons. The quantitative estimate of drug-likeness (QED) is 0.723. The number of hydrogen-bond donors (Lipinski definition) is 1. The number of hydrogen-bond acceptors (Lipinski definition) is 4. The van der Waals surface area contributed by atoms with Crippen LogP contribution in [0.15, 0.2) is 0 Å². The fourth-order valence-corrected chi connectivity index (χ4v) is 3.12. The molecule has 2 heterocycles. The normalized spacial score (nSPS) is 24.0. The number of ether oxygens (including phenoxy) is 1. The average Bonchev–Trinajstić information content (AvgIpc) is 3.11. The molecule has 2 fully saturated rings. The Balaban J connectivity index is 1.99. The molecule has 0 spiro atoms. The predicted molar refractivity (Wildman–Crippen MR) is 78.5 cm³/mol. The van der Waals surface area contributed by atoms with Crippen LogP contribution in [-0.4, -0.2) is 77.8 Å². The summed E-state index contributed by atoms with van der Waals surface area (Å²) in [4.78, 5) is 37.1. The van der Waals surface area contributed by atoms with Crippen molar-refractivity contribution in [3.8, 4) is 0 Å². The molecule has 0 radical (unpaired) electrons. The van der Waals surface area contributed by atoms with Gasteiger partial charge in [-0.2, -0.15) is 13.2 Å². The lowest BCUT2D eigenvalue weighted by atomic mass is 10.1. The Labute approximate surface area is 142 Å². The lowest BCUT2D eigenvalue weighted by molar-refractivity contribution is -0.157. The summed E-state index contributed by atoms with van der Waals surface area (Å²) in [7, 11) is 0. The molecule has 7 nitrogen and oxygen atoms in total. The van der Waals surface area contributed by atoms with Gasteiger partial charge in [-0.05, 0) is 12.8 Å². The van der Waals surface area contributed by atoms with E-state index in [9.17, 15) is 27.6 Å². The molecule has 2 saturated heterocycles. The van der Waals surface area contributed by atoms with Gasteiger partial charge in [0.25, 0.3) is 0 Å². The molecule has 2 atom stereocenters. The second-order valence-electron chi connectivity index (χ2n) is 6.35. The van der Waals surface area contributed by atoms with E-state index in [1.165, 1.54) is 4.90 Å². The van der Waals surface area contributed by atoms with Crippen molar-refractivity contribution in [3.05, 3.63) is 0 Å². The van der Waals surface area contributed by atoms with Gasteiger partial charge in [0.1, 0.15) is 6.54 Å². The molecule has 0 unspecified atom stereocenters. The molecule has 2 aliphatic rings. The van der Waals surface area contributed by atoms with Crippen LogP contribution >= 0.6 is 0 Å². The highest BCUT2D eigenvalue weighted by molar-refractivity contribution is 5.89. The maximum atomic E-state index is 12.6. The Bertz CT molecular complexity index is 520. The maximum Gasteiger partial charge on any atom is 0.406 e. The van der Waals surface area contributed by atoms with Crippen molar-refractivity contribution in [1.82, 2.24) is 9.80 Å². The van der Waals surface area contributed by atoms with E-state index in [2.05, 4.69) is 0 Å². The first-order chi connectivity index (χ1) is 11.7. The highest BCUT2D eigenvalue weighted by Crippen LogP contribution is 2.26. The highest BCUT2D eigenvalue weighted by Gasteiger charge is 2.42. The van der Waals surface area contributed by atoms with Crippen LogP contribution in [0, 0.1) is 5.92 Å². The van der Waals surface area contributed by atoms with Gasteiger partial charge >= 0.3 is 12.1 Å². The number of carbonyl (C=O) groups is 3. The topological polar surface area (TPSA) is 87.1 Å². The fourth-order valence-electron chi connectivity index (χ4n) is 3.12. The van der Waals surface area contributed by atoms with Gasteiger partial charge < -0.3 is 19.6 Å². The van der Waals surface area contributed by atoms with Crippen molar-refractivity contribution in [1.29, 1.82) is 0 Å². The first-order valence-corrected chi connectivity index (χ1v) is 8.12. The van der Waals surface area contributed by atoms with E-state index in [1.54, 1.807) is 0 Å². The number of halogens is 3. The second kappa shape index (κ2) is 8.03. The monoisotopic (exact) mass is 366 g/mol. The SMILES string of the molecule is O=C(O)CCN(C[C@H]1CCCO1)C(=O)[C@@H]1CC(=O)N(CC(F)(F)F)C1. The van der Waals surface area contributed by atoms with Crippen LogP contribution in [-0.2, 0) is 19.1 Å². The van der Waals surface area contributed by atoms with E-state index in [-0.39, 0.29) is 38.6 Å². The molecule has 10 heteroatoms. The van der Waals surface area contributed by atoms with E-state index in [0.29, 0.717) is 11.5 Å². The third kappa shape index (κ3) is 5.87. The standard InChI is InChI=1S/C15H21F3N2O5/c16-15(17,18)9-20-7-10(6-12(20)21)14(24)19(4-3-13(22)23)8-11-2-1-5-25-11/h10-11H,1-9H2,(H,22,23)/t10-,11-/m1/s1. The van der Waals surface area contributed by atoms with E-state index in [4.69, 9.17) is 9.84 Å². The Morgan fingerprint density at radius 3 is 2.64 bits per heavy atom. The maximum absolute atomic E-state index is 12.6. The zero-order valence-electron chi connectivity index (χ0n) is 13.6. The minimum Gasteiger partial charge on any atom is -0.481 e. The summed E-state index contributed by atoms with van der Waals surface area (Å²) in [6.07, 6.45) is -3.71. The van der Waals surface area contributed by atoms with Crippen LogP contribution in [0.4, 0.5) is 13.2 Å². The van der Waals surface area contributed by atoms with E-state index in [1.807, 2.05) is 0 Å². The summed E-state index contributed by atoms with van der Waals surface area (Å²) in [5.41, 5.74) is 0. The molecule has 0 saturated carbocycles. The zero-order chi connectivity index (χ0) is 18.6. The molecule has 25 heavy (non-hydrogen) atoms. The zero-order valence-corrected chi connectivity index (χ0v) is 13.6. The van der Waals surface area contributed by atoms with Gasteiger partial charge in [0.2, 0.25) is 11.8 Å². The minimum atomic E-state index is -4.52. The van der Waals surface area contributed by atoms with Crippen LogP contribution in [0.1, 0.15) is 25.7 Å². The van der Waals surface area contributed by atoms with Crippen molar-refractivity contribution in [3.63, 3.8) is 0 Å². The Morgan fingerprint density at radius 1 is 1.36 bits per heavy atom. The lowest BCUT2D eigenvalue weighted by Gasteiger charge is -2.27. The summed E-state index contributed by atoms with van der Waals surface area (Å²) in [5, 5.41) is 8.83. The van der Waals surface area contributed by atoms with Crippen molar-refractivity contribution in [2.45, 2.75) is 38.0 Å². The number of likely N-dealkylation sites (tertiary alicyclic amines) is 1. The summed E-state index contributed by atoms with van der Waals surface area (Å²) < 4.78 is 42.9. The van der Waals surface area contributed by atoms with E-state index >= 15 is 0 Å². The Hall–Kier alpha value is -1.84. The highest BCUT2D eigenvalue weighted by atomic mass is 19.4. The lowest BCUT2D eigenvalue weighted by Crippen LogP contribution is -2.43. The molecule has 1 N–H and O–H groups in total. The van der Waals surface area contributed by atoms with Gasteiger partial charge in [-0.25, -0.2) is 0 Å². The summed E-state index contributed by atoms with van der Waals surface area (Å²) >= 11 is 0. The van der Waals surface area contributed by atoms with Gasteiger partial charge in [-0.3, -0.25) is 14.4 Å². The second-order valence-corrected chi connectivity index (χ2v) is 6.35. The molecular formula is C15H21F3N2O5. The van der Waals surface area contributed by atoms with Gasteiger partial charge in [0.05, 0.1) is 18.4 Å². The van der Waals surface area contributed by atoms with E-state index < -0.39 is 36.4 Å². The smallest absolute Gasteiger partial charge is 0.406 e. The molecule has 0 aliphatic carbocycles. The molecule has 0 aromatic carbocycles. The predicted octanol–water partition coefficient (Wildman–Crippen LogP) is 0.879. The van der Waals surface area contributed by atoms with Crippen LogP contribution in [0.5, 0.6) is 0 Å². The largest absolute Gasteiger partial charge is 0.481 e. The molecule has 0 aromatic rings. The fraction of sp³-hybridized carbons (Fsp3) is 0.800. The molecule has 0 aromatic heterocycles. The molecule has 2 amide bonds. The Morgan fingerprint density at radius 2 is 2.08 bits per heavy atom.